The maximum Gasteiger partial charge on any atom is 0.249 e. The summed E-state index contributed by atoms with van der Waals surface area (Å²) in [6.07, 6.45) is 11.4. The number of nitrogens with one attached hydrogen (secondary N) is 1. The number of rotatable bonds is 41. The van der Waals surface area contributed by atoms with Crippen LogP contribution in [0.25, 0.3) is 0 Å². The lowest BCUT2D eigenvalue weighted by atomic mass is 9.98. The predicted octanol–water partition coefficient (Wildman–Crippen LogP) is 4.55. The van der Waals surface area contributed by atoms with Crippen LogP contribution >= 0.6 is 0 Å². The maximum atomic E-state index is 13.3. The average molecular weight is 938 g/mol. The van der Waals surface area contributed by atoms with E-state index in [2.05, 4.69) is 19.2 Å². The number of carbonyl (C=O) groups is 1. The van der Waals surface area contributed by atoms with Crippen molar-refractivity contribution >= 4 is 5.91 Å². The van der Waals surface area contributed by atoms with Gasteiger partial charge < -0.3 is 75.3 Å². The van der Waals surface area contributed by atoms with Gasteiger partial charge in [-0.25, -0.2) is 0 Å². The summed E-state index contributed by atoms with van der Waals surface area (Å²) in [5.41, 5.74) is 0. The second-order valence-corrected chi connectivity index (χ2v) is 18.9. The molecule has 0 aromatic heterocycles. The SMILES string of the molecule is CCCCCCCCCCCCCCCCCCC[C@@H](O)C(=O)N[C@@H](CO[C@H]1O[C@H](CO)[C@H](O)[C@H](O[C@@H]2O[C@@H]([C@H](O)CO)[C@H](O)[C@H]2O)[C@H]1O)[C@H](O)[C@H](O)CCCCCCCCCCCC. The summed E-state index contributed by atoms with van der Waals surface area (Å²) in [6, 6.07) is -1.28. The molecule has 0 aromatic carbocycles. The minimum absolute atomic E-state index is 0.203. The molecule has 2 aliphatic rings. The zero-order valence-corrected chi connectivity index (χ0v) is 40.2. The highest BCUT2D eigenvalue weighted by molar-refractivity contribution is 5.80. The first-order chi connectivity index (χ1) is 31.4. The smallest absolute Gasteiger partial charge is 0.249 e. The van der Waals surface area contributed by atoms with Crippen molar-refractivity contribution in [3.8, 4) is 0 Å². The average Bonchev–Trinajstić information content (AvgIpc) is 3.59. The molecule has 2 aliphatic heterocycles. The number of hydrogen-bond acceptors (Lipinski definition) is 15. The quantitative estimate of drug-likeness (QED) is 0.0376. The highest BCUT2D eigenvalue weighted by Gasteiger charge is 2.52. The standard InChI is InChI=1S/C49H95NO15/c1-3-5-7-9-11-13-15-16-17-18-19-20-21-23-25-27-29-31-37(54)47(61)50-35(40(56)36(53)30-28-26-24-22-14-12-10-8-6-4-2)34-62-48-44(60)46(41(57)39(33-52)63-48)65-49-43(59)42(58)45(64-49)38(55)32-51/h35-46,48-49,51-60H,3-34H2,1-2H3,(H,50,61)/t35-,36+,37+,38+,39+,40-,41-,42+,43+,44+,45-,46-,48-,49-/m0/s1. The van der Waals surface area contributed by atoms with Crippen LogP contribution in [0.3, 0.4) is 0 Å². The molecule has 0 aromatic rings. The van der Waals surface area contributed by atoms with Crippen molar-refractivity contribution in [1.82, 2.24) is 5.32 Å². The summed E-state index contributed by atoms with van der Waals surface area (Å²) < 4.78 is 22.5. The molecule has 2 heterocycles. The normalized spacial score (nSPS) is 27.1. The van der Waals surface area contributed by atoms with Crippen LogP contribution in [-0.2, 0) is 23.7 Å². The zero-order valence-electron chi connectivity index (χ0n) is 40.2. The molecule has 0 radical (unpaired) electrons. The van der Waals surface area contributed by atoms with Gasteiger partial charge in [-0.1, -0.05) is 187 Å². The van der Waals surface area contributed by atoms with Crippen LogP contribution < -0.4 is 5.32 Å². The largest absolute Gasteiger partial charge is 0.394 e. The van der Waals surface area contributed by atoms with Crippen LogP contribution in [-0.4, -0.2) is 163 Å². The van der Waals surface area contributed by atoms with Gasteiger partial charge in [-0.2, -0.15) is 0 Å². The van der Waals surface area contributed by atoms with Crippen LogP contribution in [0.15, 0.2) is 0 Å². The van der Waals surface area contributed by atoms with Crippen molar-refractivity contribution in [2.24, 2.45) is 0 Å². The third kappa shape index (κ3) is 23.9. The molecule has 0 saturated carbocycles. The minimum atomic E-state index is -1.82. The molecule has 0 bridgehead atoms. The molecule has 0 unspecified atom stereocenters. The highest BCUT2D eigenvalue weighted by atomic mass is 16.7. The van der Waals surface area contributed by atoms with E-state index in [1.54, 1.807) is 0 Å². The number of hydrogen-bond donors (Lipinski definition) is 11. The van der Waals surface area contributed by atoms with Crippen molar-refractivity contribution in [3.63, 3.8) is 0 Å². The van der Waals surface area contributed by atoms with Crippen molar-refractivity contribution < 1.29 is 74.8 Å². The molecule has 2 saturated heterocycles. The summed E-state index contributed by atoms with van der Waals surface area (Å²) in [5, 5.41) is 108. The maximum absolute atomic E-state index is 13.3. The van der Waals surface area contributed by atoms with Gasteiger partial charge in [0.1, 0.15) is 61.0 Å². The third-order valence-electron chi connectivity index (χ3n) is 13.2. The van der Waals surface area contributed by atoms with Crippen molar-refractivity contribution in [3.05, 3.63) is 0 Å². The van der Waals surface area contributed by atoms with E-state index >= 15 is 0 Å². The summed E-state index contributed by atoms with van der Waals surface area (Å²) in [5.74, 6) is -0.763. The van der Waals surface area contributed by atoms with E-state index in [0.717, 1.165) is 44.9 Å². The molecule has 2 fully saturated rings. The number of carbonyl (C=O) groups excluding carboxylic acids is 1. The fraction of sp³-hybridized carbons (Fsp3) is 0.980. The van der Waals surface area contributed by atoms with Gasteiger partial charge in [0, 0.05) is 0 Å². The first kappa shape index (κ1) is 60.0. The Hall–Kier alpha value is -1.09. The lowest BCUT2D eigenvalue weighted by Crippen LogP contribution is -2.62. The number of aliphatic hydroxyl groups excluding tert-OH is 10. The lowest BCUT2D eigenvalue weighted by molar-refractivity contribution is -0.332. The van der Waals surface area contributed by atoms with Crippen molar-refractivity contribution in [1.29, 1.82) is 0 Å². The summed E-state index contributed by atoms with van der Waals surface area (Å²) in [7, 11) is 0. The van der Waals surface area contributed by atoms with Gasteiger partial charge in [0.15, 0.2) is 12.6 Å². The topological polar surface area (TPSA) is 268 Å². The van der Waals surface area contributed by atoms with Gasteiger partial charge in [0.25, 0.3) is 0 Å². The zero-order chi connectivity index (χ0) is 47.8. The predicted molar refractivity (Wildman–Crippen MR) is 248 cm³/mol. The minimum Gasteiger partial charge on any atom is -0.394 e. The molecule has 0 spiro atoms. The van der Waals surface area contributed by atoms with Gasteiger partial charge in [-0.15, -0.1) is 0 Å². The van der Waals surface area contributed by atoms with Gasteiger partial charge in [-0.3, -0.25) is 4.79 Å². The Morgan fingerprint density at radius 1 is 0.554 bits per heavy atom. The van der Waals surface area contributed by atoms with Crippen LogP contribution in [0.2, 0.25) is 0 Å². The fourth-order valence-corrected chi connectivity index (χ4v) is 8.89. The lowest BCUT2D eigenvalue weighted by Gasteiger charge is -2.43. The van der Waals surface area contributed by atoms with E-state index in [9.17, 15) is 55.9 Å². The Balaban J connectivity index is 1.91. The van der Waals surface area contributed by atoms with E-state index in [1.807, 2.05) is 0 Å². The van der Waals surface area contributed by atoms with Crippen LogP contribution in [0.1, 0.15) is 200 Å². The Labute approximate surface area is 390 Å². The first-order valence-corrected chi connectivity index (χ1v) is 26.0. The monoisotopic (exact) mass is 938 g/mol. The first-order valence-electron chi connectivity index (χ1n) is 26.0. The summed E-state index contributed by atoms with van der Waals surface area (Å²) in [4.78, 5) is 13.3. The van der Waals surface area contributed by atoms with Gasteiger partial charge in [-0.05, 0) is 12.8 Å². The fourth-order valence-electron chi connectivity index (χ4n) is 8.89. The number of unbranched alkanes of at least 4 members (excludes halogenated alkanes) is 25. The molecule has 14 atom stereocenters. The Morgan fingerprint density at radius 2 is 1.00 bits per heavy atom. The van der Waals surface area contributed by atoms with E-state index in [4.69, 9.17) is 18.9 Å². The molecule has 1 amide bonds. The second kappa shape index (κ2) is 36.8. The Kier molecular flexibility index (Phi) is 34.0. The Morgan fingerprint density at radius 3 is 1.45 bits per heavy atom. The molecule has 0 aliphatic carbocycles. The Bertz CT molecular complexity index is 1140. The highest BCUT2D eigenvalue weighted by Crippen LogP contribution is 2.31. The summed E-state index contributed by atoms with van der Waals surface area (Å²) in [6.45, 7) is 2.35. The molecule has 16 nitrogen and oxygen atoms in total. The van der Waals surface area contributed by atoms with Crippen LogP contribution in [0, 0.1) is 0 Å². The van der Waals surface area contributed by atoms with Crippen LogP contribution in [0.4, 0.5) is 0 Å². The van der Waals surface area contributed by atoms with E-state index in [1.165, 1.54) is 116 Å². The molecular formula is C49H95NO15. The summed E-state index contributed by atoms with van der Waals surface area (Å²) >= 11 is 0. The second-order valence-electron chi connectivity index (χ2n) is 18.9. The molecule has 11 N–H and O–H groups in total. The number of ether oxygens (including phenoxy) is 4. The molecule has 16 heteroatoms. The third-order valence-corrected chi connectivity index (χ3v) is 13.2. The van der Waals surface area contributed by atoms with Crippen LogP contribution in [0.5, 0.6) is 0 Å². The molecular weight excluding hydrogens is 843 g/mol. The van der Waals surface area contributed by atoms with E-state index in [-0.39, 0.29) is 12.8 Å². The number of aliphatic hydroxyl groups is 10. The molecule has 2 rings (SSSR count). The van der Waals surface area contributed by atoms with Crippen molar-refractivity contribution in [2.75, 3.05) is 19.8 Å². The molecule has 65 heavy (non-hydrogen) atoms. The van der Waals surface area contributed by atoms with Gasteiger partial charge >= 0.3 is 0 Å². The van der Waals surface area contributed by atoms with Gasteiger partial charge in [0.2, 0.25) is 5.91 Å². The molecule has 386 valence electrons. The van der Waals surface area contributed by atoms with E-state index in [0.29, 0.717) is 12.8 Å². The number of amides is 1. The van der Waals surface area contributed by atoms with Gasteiger partial charge in [0.05, 0.1) is 32.0 Å². The van der Waals surface area contributed by atoms with E-state index < -0.39 is 111 Å². The van der Waals surface area contributed by atoms with Crippen molar-refractivity contribution in [2.45, 2.75) is 286 Å².